The molecule has 3 nitrogen and oxygen atoms in total. The highest BCUT2D eigenvalue weighted by molar-refractivity contribution is 7.98. The van der Waals surface area contributed by atoms with Crippen molar-refractivity contribution in [2.75, 3.05) is 32.1 Å². The molecule has 0 aliphatic carbocycles. The van der Waals surface area contributed by atoms with Crippen LogP contribution in [0, 0.1) is 0 Å². The highest BCUT2D eigenvalue weighted by atomic mass is 32.2. The zero-order valence-corrected chi connectivity index (χ0v) is 12.0. The highest BCUT2D eigenvalue weighted by Crippen LogP contribution is 2.09. The third-order valence-electron chi connectivity index (χ3n) is 2.72. The number of likely N-dealkylation sites (N-methyl/N-ethyl adjacent to an activating group) is 1. The Morgan fingerprint density at radius 1 is 1.28 bits per heavy atom. The summed E-state index contributed by atoms with van der Waals surface area (Å²) in [4.78, 5) is 12.1. The molecule has 4 heteroatoms. The number of benzene rings is 1. The summed E-state index contributed by atoms with van der Waals surface area (Å²) in [6.45, 7) is 1.64. The van der Waals surface area contributed by atoms with Gasteiger partial charge in [-0.2, -0.15) is 11.8 Å². The summed E-state index contributed by atoms with van der Waals surface area (Å²) in [7, 11) is 1.92. The van der Waals surface area contributed by atoms with Gasteiger partial charge < -0.3 is 10.6 Å². The molecule has 0 spiro atoms. The molecule has 0 saturated heterocycles. The maximum absolute atomic E-state index is 12.1. The van der Waals surface area contributed by atoms with Gasteiger partial charge in [0.05, 0.1) is 0 Å². The first-order valence-corrected chi connectivity index (χ1v) is 7.68. The first kappa shape index (κ1) is 15.1. The van der Waals surface area contributed by atoms with E-state index in [-0.39, 0.29) is 5.91 Å². The Kier molecular flexibility index (Phi) is 7.53. The normalized spacial score (nSPS) is 10.3. The van der Waals surface area contributed by atoms with Gasteiger partial charge >= 0.3 is 0 Å². The van der Waals surface area contributed by atoms with E-state index in [0.29, 0.717) is 0 Å². The molecule has 2 N–H and O–H groups in total. The van der Waals surface area contributed by atoms with Crippen LogP contribution in [0.2, 0.25) is 0 Å². The number of rotatable bonds is 8. The first-order valence-electron chi connectivity index (χ1n) is 6.29. The number of hydrogen-bond donors (Lipinski definition) is 2. The standard InChI is InChI=1S/C14H22N2OS/c1-15-10-8-12-6-3-4-7-13(12)14(17)16-9-5-11-18-2/h3-4,6-7,15H,5,8-11H2,1-2H3,(H,16,17). The zero-order chi connectivity index (χ0) is 13.2. The van der Waals surface area contributed by atoms with Crippen molar-refractivity contribution in [2.45, 2.75) is 12.8 Å². The predicted octanol–water partition coefficient (Wildman–Crippen LogP) is 1.93. The topological polar surface area (TPSA) is 41.1 Å². The van der Waals surface area contributed by atoms with Crippen LogP contribution in [0.25, 0.3) is 0 Å². The summed E-state index contributed by atoms with van der Waals surface area (Å²) in [6.07, 6.45) is 3.98. The van der Waals surface area contributed by atoms with Crippen LogP contribution in [0.3, 0.4) is 0 Å². The molecule has 0 aliphatic heterocycles. The average molecular weight is 266 g/mol. The molecule has 0 heterocycles. The van der Waals surface area contributed by atoms with E-state index in [1.54, 1.807) is 11.8 Å². The minimum Gasteiger partial charge on any atom is -0.352 e. The fraction of sp³-hybridized carbons (Fsp3) is 0.500. The molecule has 1 aromatic carbocycles. The molecule has 0 atom stereocenters. The van der Waals surface area contributed by atoms with Gasteiger partial charge in [-0.25, -0.2) is 0 Å². The van der Waals surface area contributed by atoms with Crippen molar-refractivity contribution in [2.24, 2.45) is 0 Å². The van der Waals surface area contributed by atoms with Crippen molar-refractivity contribution in [3.8, 4) is 0 Å². The third kappa shape index (κ3) is 5.10. The summed E-state index contributed by atoms with van der Waals surface area (Å²) in [6, 6.07) is 7.82. The SMILES string of the molecule is CNCCc1ccccc1C(=O)NCCCSC. The predicted molar refractivity (Wildman–Crippen MR) is 79.4 cm³/mol. The Balaban J connectivity index is 2.55. The van der Waals surface area contributed by atoms with E-state index < -0.39 is 0 Å². The molecule has 0 bridgehead atoms. The molecule has 0 unspecified atom stereocenters. The van der Waals surface area contributed by atoms with Crippen molar-refractivity contribution < 1.29 is 4.79 Å². The summed E-state index contributed by atoms with van der Waals surface area (Å²) in [5.74, 6) is 1.13. The van der Waals surface area contributed by atoms with Crippen LogP contribution < -0.4 is 10.6 Å². The molecule has 1 amide bonds. The van der Waals surface area contributed by atoms with Crippen LogP contribution in [-0.4, -0.2) is 38.1 Å². The van der Waals surface area contributed by atoms with Gasteiger partial charge in [0.15, 0.2) is 0 Å². The lowest BCUT2D eigenvalue weighted by atomic mass is 10.0. The van der Waals surface area contributed by atoms with Gasteiger partial charge in [0.1, 0.15) is 0 Å². The van der Waals surface area contributed by atoms with E-state index in [0.717, 1.165) is 42.8 Å². The molecule has 0 saturated carbocycles. The Morgan fingerprint density at radius 3 is 2.78 bits per heavy atom. The fourth-order valence-electron chi connectivity index (χ4n) is 1.73. The lowest BCUT2D eigenvalue weighted by molar-refractivity contribution is 0.0953. The molecule has 0 aromatic heterocycles. The number of carbonyl (C=O) groups is 1. The number of hydrogen-bond acceptors (Lipinski definition) is 3. The summed E-state index contributed by atoms with van der Waals surface area (Å²) in [5, 5.41) is 6.09. The molecule has 100 valence electrons. The van der Waals surface area contributed by atoms with Crippen molar-refractivity contribution in [3.63, 3.8) is 0 Å². The van der Waals surface area contributed by atoms with Crippen LogP contribution in [0.15, 0.2) is 24.3 Å². The van der Waals surface area contributed by atoms with Crippen molar-refractivity contribution in [1.29, 1.82) is 0 Å². The lowest BCUT2D eigenvalue weighted by Crippen LogP contribution is -2.26. The third-order valence-corrected chi connectivity index (χ3v) is 3.41. The lowest BCUT2D eigenvalue weighted by Gasteiger charge is -2.09. The molecular weight excluding hydrogens is 244 g/mol. The molecule has 0 fully saturated rings. The van der Waals surface area contributed by atoms with Gasteiger partial charge in [0.2, 0.25) is 0 Å². The molecular formula is C14H22N2OS. The van der Waals surface area contributed by atoms with Crippen LogP contribution in [0.4, 0.5) is 0 Å². The smallest absolute Gasteiger partial charge is 0.251 e. The molecule has 0 radical (unpaired) electrons. The molecule has 1 rings (SSSR count). The van der Waals surface area contributed by atoms with Gasteiger partial charge in [-0.1, -0.05) is 18.2 Å². The number of thioether (sulfide) groups is 1. The van der Waals surface area contributed by atoms with Crippen molar-refractivity contribution >= 4 is 17.7 Å². The van der Waals surface area contributed by atoms with Crippen LogP contribution in [0.5, 0.6) is 0 Å². The van der Waals surface area contributed by atoms with Gasteiger partial charge in [0.25, 0.3) is 5.91 Å². The second-order valence-electron chi connectivity index (χ2n) is 4.11. The second-order valence-corrected chi connectivity index (χ2v) is 5.10. The number of nitrogens with one attached hydrogen (secondary N) is 2. The molecule has 1 aromatic rings. The maximum atomic E-state index is 12.1. The minimum atomic E-state index is 0.0443. The van der Waals surface area contributed by atoms with Crippen LogP contribution in [0.1, 0.15) is 22.3 Å². The van der Waals surface area contributed by atoms with E-state index in [2.05, 4.69) is 16.9 Å². The highest BCUT2D eigenvalue weighted by Gasteiger charge is 2.09. The average Bonchev–Trinajstić information content (AvgIpc) is 2.41. The first-order chi connectivity index (χ1) is 8.79. The second kappa shape index (κ2) is 9.00. The van der Waals surface area contributed by atoms with E-state index in [1.807, 2.05) is 31.3 Å². The van der Waals surface area contributed by atoms with Crippen molar-refractivity contribution in [3.05, 3.63) is 35.4 Å². The van der Waals surface area contributed by atoms with E-state index in [9.17, 15) is 4.79 Å². The van der Waals surface area contributed by atoms with E-state index >= 15 is 0 Å². The Labute approximate surface area is 114 Å². The van der Waals surface area contributed by atoms with E-state index in [4.69, 9.17) is 0 Å². The van der Waals surface area contributed by atoms with Crippen molar-refractivity contribution in [1.82, 2.24) is 10.6 Å². The Hall–Kier alpha value is -1.00. The Morgan fingerprint density at radius 2 is 2.06 bits per heavy atom. The minimum absolute atomic E-state index is 0.0443. The van der Waals surface area contributed by atoms with Gasteiger partial charge in [-0.05, 0) is 50.1 Å². The van der Waals surface area contributed by atoms with E-state index in [1.165, 1.54) is 0 Å². The zero-order valence-electron chi connectivity index (χ0n) is 11.2. The van der Waals surface area contributed by atoms with Crippen LogP contribution >= 0.6 is 11.8 Å². The monoisotopic (exact) mass is 266 g/mol. The van der Waals surface area contributed by atoms with Gasteiger partial charge in [-0.15, -0.1) is 0 Å². The summed E-state index contributed by atoms with van der Waals surface area (Å²) >= 11 is 1.80. The molecule has 0 aliphatic rings. The van der Waals surface area contributed by atoms with Crippen LogP contribution in [-0.2, 0) is 6.42 Å². The Bertz CT molecular complexity index is 369. The quantitative estimate of drug-likeness (QED) is 0.707. The maximum Gasteiger partial charge on any atom is 0.251 e. The summed E-state index contributed by atoms with van der Waals surface area (Å²) in [5.41, 5.74) is 1.91. The molecule has 18 heavy (non-hydrogen) atoms. The fourth-order valence-corrected chi connectivity index (χ4v) is 2.17. The van der Waals surface area contributed by atoms with Gasteiger partial charge in [-0.3, -0.25) is 4.79 Å². The summed E-state index contributed by atoms with van der Waals surface area (Å²) < 4.78 is 0. The largest absolute Gasteiger partial charge is 0.352 e. The number of carbonyl (C=O) groups excluding carboxylic acids is 1. The number of amides is 1. The van der Waals surface area contributed by atoms with Gasteiger partial charge in [0, 0.05) is 12.1 Å².